The Labute approximate surface area is 147 Å². The van der Waals surface area contributed by atoms with Crippen molar-refractivity contribution in [2.45, 2.75) is 6.10 Å². The number of benzene rings is 2. The van der Waals surface area contributed by atoms with Crippen molar-refractivity contribution in [1.82, 2.24) is 4.90 Å². The summed E-state index contributed by atoms with van der Waals surface area (Å²) >= 11 is 0. The first-order valence-electron chi connectivity index (χ1n) is 8.15. The number of nitrogens with one attached hydrogen (secondary N) is 1. The standard InChI is InChI=1S/C19H22N2O4/c1-21(11-14-13-24-17-9-5-6-10-18(17)25-14)12-19(22)20-15-7-3-4-8-16(15)23-2/h3-10,14H,11-13H2,1-2H3,(H,20,22). The van der Waals surface area contributed by atoms with E-state index >= 15 is 0 Å². The number of rotatable bonds is 6. The van der Waals surface area contributed by atoms with Gasteiger partial charge in [0.05, 0.1) is 19.3 Å². The Kier molecular flexibility index (Phi) is 5.40. The van der Waals surface area contributed by atoms with Crippen LogP contribution in [-0.4, -0.2) is 50.8 Å². The van der Waals surface area contributed by atoms with Gasteiger partial charge in [0.1, 0.15) is 18.5 Å². The van der Waals surface area contributed by atoms with Crippen molar-refractivity contribution in [3.63, 3.8) is 0 Å². The van der Waals surface area contributed by atoms with Crippen LogP contribution in [0.5, 0.6) is 17.2 Å². The van der Waals surface area contributed by atoms with E-state index in [2.05, 4.69) is 5.32 Å². The van der Waals surface area contributed by atoms with Crippen molar-refractivity contribution >= 4 is 11.6 Å². The van der Waals surface area contributed by atoms with Gasteiger partial charge in [-0.1, -0.05) is 24.3 Å². The lowest BCUT2D eigenvalue weighted by Crippen LogP contribution is -2.42. The monoisotopic (exact) mass is 342 g/mol. The highest BCUT2D eigenvalue weighted by molar-refractivity contribution is 5.93. The van der Waals surface area contributed by atoms with E-state index in [0.717, 1.165) is 11.5 Å². The highest BCUT2D eigenvalue weighted by Crippen LogP contribution is 2.31. The van der Waals surface area contributed by atoms with Gasteiger partial charge in [0.2, 0.25) is 5.91 Å². The van der Waals surface area contributed by atoms with Crippen molar-refractivity contribution in [1.29, 1.82) is 0 Å². The van der Waals surface area contributed by atoms with Crippen LogP contribution >= 0.6 is 0 Å². The molecule has 1 aliphatic heterocycles. The van der Waals surface area contributed by atoms with E-state index in [1.165, 1.54) is 0 Å². The van der Waals surface area contributed by atoms with E-state index < -0.39 is 0 Å². The number of likely N-dealkylation sites (N-methyl/N-ethyl adjacent to an activating group) is 1. The maximum Gasteiger partial charge on any atom is 0.238 e. The first-order valence-corrected chi connectivity index (χ1v) is 8.15. The predicted molar refractivity (Wildman–Crippen MR) is 95.5 cm³/mol. The smallest absolute Gasteiger partial charge is 0.238 e. The Bertz CT molecular complexity index is 735. The summed E-state index contributed by atoms with van der Waals surface area (Å²) in [6, 6.07) is 14.9. The molecule has 2 aromatic rings. The Hall–Kier alpha value is -2.73. The SMILES string of the molecule is COc1ccccc1NC(=O)CN(C)CC1COc2ccccc2O1. The second-order valence-electron chi connectivity index (χ2n) is 5.94. The minimum atomic E-state index is -0.112. The minimum absolute atomic E-state index is 0.107. The highest BCUT2D eigenvalue weighted by Gasteiger charge is 2.22. The minimum Gasteiger partial charge on any atom is -0.495 e. The second-order valence-corrected chi connectivity index (χ2v) is 5.94. The highest BCUT2D eigenvalue weighted by atomic mass is 16.6. The number of hydrogen-bond acceptors (Lipinski definition) is 5. The fourth-order valence-corrected chi connectivity index (χ4v) is 2.75. The van der Waals surface area contributed by atoms with Crippen molar-refractivity contribution in [2.75, 3.05) is 39.2 Å². The molecular weight excluding hydrogens is 320 g/mol. The maximum absolute atomic E-state index is 12.3. The molecule has 0 aromatic heterocycles. The summed E-state index contributed by atoms with van der Waals surface area (Å²) in [4.78, 5) is 14.2. The van der Waals surface area contributed by atoms with Gasteiger partial charge in [-0.15, -0.1) is 0 Å². The summed E-state index contributed by atoms with van der Waals surface area (Å²) < 4.78 is 16.9. The zero-order valence-corrected chi connectivity index (χ0v) is 14.4. The van der Waals surface area contributed by atoms with Crippen LogP contribution in [0.4, 0.5) is 5.69 Å². The van der Waals surface area contributed by atoms with Gasteiger partial charge in [-0.2, -0.15) is 0 Å². The fourth-order valence-electron chi connectivity index (χ4n) is 2.75. The lowest BCUT2D eigenvalue weighted by Gasteiger charge is -2.29. The van der Waals surface area contributed by atoms with Crippen LogP contribution in [-0.2, 0) is 4.79 Å². The number of fused-ring (bicyclic) bond motifs is 1. The molecule has 1 amide bonds. The van der Waals surface area contributed by atoms with Crippen LogP contribution in [0.25, 0.3) is 0 Å². The zero-order valence-electron chi connectivity index (χ0n) is 14.4. The number of carbonyl (C=O) groups is 1. The lowest BCUT2D eigenvalue weighted by molar-refractivity contribution is -0.117. The number of nitrogens with zero attached hydrogens (tertiary/aromatic N) is 1. The normalized spacial score (nSPS) is 15.7. The molecule has 132 valence electrons. The molecule has 0 radical (unpaired) electrons. The van der Waals surface area contributed by atoms with Gasteiger partial charge >= 0.3 is 0 Å². The van der Waals surface area contributed by atoms with E-state index in [0.29, 0.717) is 24.6 Å². The van der Waals surface area contributed by atoms with Crippen LogP contribution in [0.3, 0.4) is 0 Å². The molecule has 6 nitrogen and oxygen atoms in total. The Morgan fingerprint density at radius 1 is 1.20 bits per heavy atom. The van der Waals surface area contributed by atoms with Gasteiger partial charge in [-0.3, -0.25) is 9.69 Å². The molecule has 0 aliphatic carbocycles. The van der Waals surface area contributed by atoms with Crippen molar-refractivity contribution in [3.05, 3.63) is 48.5 Å². The molecule has 0 spiro atoms. The van der Waals surface area contributed by atoms with Crippen LogP contribution in [0, 0.1) is 0 Å². The molecule has 0 bridgehead atoms. The molecule has 1 heterocycles. The third kappa shape index (κ3) is 4.42. The molecule has 0 saturated carbocycles. The van der Waals surface area contributed by atoms with Crippen LogP contribution in [0.2, 0.25) is 0 Å². The zero-order chi connectivity index (χ0) is 17.6. The number of amides is 1. The predicted octanol–water partition coefficient (Wildman–Crippen LogP) is 2.41. The third-order valence-corrected chi connectivity index (χ3v) is 3.88. The van der Waals surface area contributed by atoms with Gasteiger partial charge in [0, 0.05) is 6.54 Å². The Morgan fingerprint density at radius 3 is 2.72 bits per heavy atom. The van der Waals surface area contributed by atoms with E-state index in [1.807, 2.05) is 60.5 Å². The topological polar surface area (TPSA) is 60.0 Å². The second kappa shape index (κ2) is 7.90. The fraction of sp³-hybridized carbons (Fsp3) is 0.316. The summed E-state index contributed by atoms with van der Waals surface area (Å²) in [5.41, 5.74) is 0.662. The van der Waals surface area contributed by atoms with Gasteiger partial charge in [-0.25, -0.2) is 0 Å². The molecule has 0 fully saturated rings. The Balaban J connectivity index is 1.51. The maximum atomic E-state index is 12.3. The van der Waals surface area contributed by atoms with Crippen LogP contribution < -0.4 is 19.5 Å². The number of methoxy groups -OCH3 is 1. The number of anilines is 1. The molecule has 1 N–H and O–H groups in total. The van der Waals surface area contributed by atoms with Gasteiger partial charge in [0.15, 0.2) is 11.5 Å². The number of ether oxygens (including phenoxy) is 3. The van der Waals surface area contributed by atoms with Gasteiger partial charge in [0.25, 0.3) is 0 Å². The number of para-hydroxylation sites is 4. The molecular formula is C19H22N2O4. The van der Waals surface area contributed by atoms with E-state index in [9.17, 15) is 4.79 Å². The Morgan fingerprint density at radius 2 is 1.92 bits per heavy atom. The summed E-state index contributed by atoms with van der Waals surface area (Å²) in [6.45, 7) is 1.31. The van der Waals surface area contributed by atoms with Gasteiger partial charge < -0.3 is 19.5 Å². The quantitative estimate of drug-likeness (QED) is 0.874. The van der Waals surface area contributed by atoms with E-state index in [1.54, 1.807) is 7.11 Å². The van der Waals surface area contributed by atoms with Crippen molar-refractivity contribution in [3.8, 4) is 17.2 Å². The van der Waals surface area contributed by atoms with Gasteiger partial charge in [-0.05, 0) is 31.3 Å². The van der Waals surface area contributed by atoms with Crippen molar-refractivity contribution < 1.29 is 19.0 Å². The van der Waals surface area contributed by atoms with Crippen LogP contribution in [0.1, 0.15) is 0 Å². The molecule has 3 rings (SSSR count). The largest absolute Gasteiger partial charge is 0.495 e. The summed E-state index contributed by atoms with van der Waals surface area (Å²) in [7, 11) is 3.46. The third-order valence-electron chi connectivity index (χ3n) is 3.88. The first kappa shape index (κ1) is 17.1. The van der Waals surface area contributed by atoms with Crippen LogP contribution in [0.15, 0.2) is 48.5 Å². The molecule has 6 heteroatoms. The number of hydrogen-bond donors (Lipinski definition) is 1. The van der Waals surface area contributed by atoms with E-state index in [-0.39, 0.29) is 18.6 Å². The molecule has 25 heavy (non-hydrogen) atoms. The van der Waals surface area contributed by atoms with Crippen molar-refractivity contribution in [2.24, 2.45) is 0 Å². The summed E-state index contributed by atoms with van der Waals surface area (Å²) in [5, 5.41) is 2.87. The first-order chi connectivity index (χ1) is 12.2. The average molecular weight is 342 g/mol. The molecule has 1 atom stereocenters. The molecule has 2 aromatic carbocycles. The summed E-state index contributed by atoms with van der Waals surface area (Å²) in [5.74, 6) is 2.03. The lowest BCUT2D eigenvalue weighted by atomic mass is 10.2. The number of carbonyl (C=O) groups excluding carboxylic acids is 1. The summed E-state index contributed by atoms with van der Waals surface area (Å²) in [6.07, 6.45) is -0.112. The molecule has 1 aliphatic rings. The van der Waals surface area contributed by atoms with E-state index in [4.69, 9.17) is 14.2 Å². The molecule has 0 saturated heterocycles. The molecule has 1 unspecified atom stereocenters. The average Bonchev–Trinajstić information content (AvgIpc) is 2.62.